The third kappa shape index (κ3) is 4.93. The Balaban J connectivity index is 1.39. The van der Waals surface area contributed by atoms with Gasteiger partial charge in [-0.1, -0.05) is 90.4 Å². The van der Waals surface area contributed by atoms with Gasteiger partial charge in [-0.2, -0.15) is 4.98 Å². The maximum atomic E-state index is 13.8. The van der Waals surface area contributed by atoms with Crippen molar-refractivity contribution in [1.29, 1.82) is 0 Å². The molecule has 1 aromatic heterocycles. The highest BCUT2D eigenvalue weighted by molar-refractivity contribution is 7.98. The molecule has 1 saturated carbocycles. The standard InChI is InChI=1S/C30H29ClN4O2S/c1-19-26(28(36)37-22-13-3-2-4-14-22)27(24-16-9-12-20-10-5-7-15-23(20)24)35-29(32-19)33-30(34-35)38-18-21-11-6-8-17-25(21)31/h5-12,15-17,22,27H,2-4,13-14,18H2,1H3,(H,32,33,34). The predicted octanol–water partition coefficient (Wildman–Crippen LogP) is 7.54. The summed E-state index contributed by atoms with van der Waals surface area (Å²) in [4.78, 5) is 18.5. The molecule has 8 heteroatoms. The van der Waals surface area contributed by atoms with Gasteiger partial charge in [0.2, 0.25) is 11.1 Å². The van der Waals surface area contributed by atoms with Gasteiger partial charge in [-0.05, 0) is 60.6 Å². The first-order valence-electron chi connectivity index (χ1n) is 13.1. The van der Waals surface area contributed by atoms with Gasteiger partial charge in [-0.15, -0.1) is 5.10 Å². The molecule has 2 heterocycles. The maximum absolute atomic E-state index is 13.8. The number of hydrogen-bond acceptors (Lipinski definition) is 6. The van der Waals surface area contributed by atoms with Crippen LogP contribution < -0.4 is 5.32 Å². The fourth-order valence-electron chi connectivity index (χ4n) is 5.39. The molecule has 0 amide bonds. The molecule has 1 atom stereocenters. The summed E-state index contributed by atoms with van der Waals surface area (Å²) in [5.74, 6) is 0.966. The van der Waals surface area contributed by atoms with Crippen molar-refractivity contribution in [2.24, 2.45) is 0 Å². The molecular weight excluding hydrogens is 516 g/mol. The van der Waals surface area contributed by atoms with E-state index in [0.717, 1.165) is 58.3 Å². The van der Waals surface area contributed by atoms with Gasteiger partial charge in [0.25, 0.3) is 0 Å². The Labute approximate surface area is 231 Å². The van der Waals surface area contributed by atoms with Crippen LogP contribution >= 0.6 is 23.4 Å². The van der Waals surface area contributed by atoms with Crippen LogP contribution in [0.25, 0.3) is 10.8 Å². The lowest BCUT2D eigenvalue weighted by Crippen LogP contribution is -2.32. The van der Waals surface area contributed by atoms with E-state index in [1.165, 1.54) is 18.2 Å². The molecule has 1 N–H and O–H groups in total. The first-order valence-corrected chi connectivity index (χ1v) is 14.4. The lowest BCUT2D eigenvalue weighted by molar-refractivity contribution is -0.146. The number of carbonyl (C=O) groups excluding carboxylic acids is 1. The number of ether oxygens (including phenoxy) is 1. The summed E-state index contributed by atoms with van der Waals surface area (Å²) in [7, 11) is 0. The summed E-state index contributed by atoms with van der Waals surface area (Å²) in [6.07, 6.45) is 5.19. The maximum Gasteiger partial charge on any atom is 0.338 e. The number of esters is 1. The molecular formula is C30H29ClN4O2S. The van der Waals surface area contributed by atoms with Crippen molar-refractivity contribution >= 4 is 46.1 Å². The number of halogens is 1. The summed E-state index contributed by atoms with van der Waals surface area (Å²) in [6.45, 7) is 1.92. The van der Waals surface area contributed by atoms with E-state index < -0.39 is 6.04 Å². The van der Waals surface area contributed by atoms with Gasteiger partial charge in [0.15, 0.2) is 0 Å². The molecule has 1 aliphatic carbocycles. The van der Waals surface area contributed by atoms with Crippen LogP contribution in [0.1, 0.15) is 56.2 Å². The Bertz CT molecular complexity index is 1520. The molecule has 1 fully saturated rings. The summed E-state index contributed by atoms with van der Waals surface area (Å²) in [6, 6.07) is 21.7. The van der Waals surface area contributed by atoms with E-state index in [1.807, 2.05) is 54.1 Å². The number of anilines is 1. The van der Waals surface area contributed by atoms with Crippen LogP contribution in [0.3, 0.4) is 0 Å². The molecule has 3 aromatic carbocycles. The molecule has 1 aliphatic heterocycles. The third-order valence-electron chi connectivity index (χ3n) is 7.31. The molecule has 0 radical (unpaired) electrons. The fourth-order valence-corrected chi connectivity index (χ4v) is 6.50. The quantitative estimate of drug-likeness (QED) is 0.200. The average Bonchev–Trinajstić information content (AvgIpc) is 3.34. The van der Waals surface area contributed by atoms with E-state index in [1.54, 1.807) is 0 Å². The van der Waals surface area contributed by atoms with E-state index in [2.05, 4.69) is 29.6 Å². The summed E-state index contributed by atoms with van der Waals surface area (Å²) in [5.41, 5.74) is 3.34. The molecule has 0 spiro atoms. The number of thioether (sulfide) groups is 1. The molecule has 1 unspecified atom stereocenters. The smallest absolute Gasteiger partial charge is 0.338 e. The number of nitrogens with one attached hydrogen (secondary N) is 1. The molecule has 6 nitrogen and oxygen atoms in total. The highest BCUT2D eigenvalue weighted by Crippen LogP contribution is 2.40. The van der Waals surface area contributed by atoms with E-state index in [-0.39, 0.29) is 12.1 Å². The van der Waals surface area contributed by atoms with Gasteiger partial charge in [0.1, 0.15) is 12.1 Å². The Kier molecular flexibility index (Phi) is 7.13. The Hall–Kier alpha value is -3.29. The van der Waals surface area contributed by atoms with Crippen molar-refractivity contribution in [3.63, 3.8) is 0 Å². The zero-order chi connectivity index (χ0) is 26.1. The second-order valence-electron chi connectivity index (χ2n) is 9.84. The first kappa shape index (κ1) is 25.0. The van der Waals surface area contributed by atoms with Crippen molar-refractivity contribution in [2.45, 2.75) is 62.1 Å². The number of allylic oxidation sites excluding steroid dienone is 1. The topological polar surface area (TPSA) is 69.0 Å². The number of fused-ring (bicyclic) bond motifs is 2. The predicted molar refractivity (Wildman–Crippen MR) is 152 cm³/mol. The van der Waals surface area contributed by atoms with Crippen LogP contribution in [0.2, 0.25) is 5.02 Å². The molecule has 4 aromatic rings. The number of hydrogen-bond donors (Lipinski definition) is 1. The normalized spacial score (nSPS) is 17.8. The zero-order valence-electron chi connectivity index (χ0n) is 21.2. The molecule has 0 bridgehead atoms. The summed E-state index contributed by atoms with van der Waals surface area (Å²) < 4.78 is 7.92. The van der Waals surface area contributed by atoms with Gasteiger partial charge >= 0.3 is 5.97 Å². The highest BCUT2D eigenvalue weighted by atomic mass is 35.5. The van der Waals surface area contributed by atoms with E-state index in [0.29, 0.717) is 22.4 Å². The minimum absolute atomic E-state index is 0.0383. The lowest BCUT2D eigenvalue weighted by Gasteiger charge is -2.30. The Morgan fingerprint density at radius 3 is 2.66 bits per heavy atom. The van der Waals surface area contributed by atoms with Gasteiger partial charge in [0.05, 0.1) is 5.57 Å². The summed E-state index contributed by atoms with van der Waals surface area (Å²) in [5, 5.41) is 11.8. The minimum Gasteiger partial charge on any atom is -0.459 e. The van der Waals surface area contributed by atoms with Crippen molar-refractivity contribution in [2.75, 3.05) is 5.32 Å². The monoisotopic (exact) mass is 544 g/mol. The fraction of sp³-hybridized carbons (Fsp3) is 0.300. The molecule has 6 rings (SSSR count). The van der Waals surface area contributed by atoms with Crippen LogP contribution in [-0.4, -0.2) is 26.8 Å². The van der Waals surface area contributed by atoms with E-state index in [4.69, 9.17) is 26.4 Å². The Morgan fingerprint density at radius 2 is 1.82 bits per heavy atom. The van der Waals surface area contributed by atoms with Gasteiger partial charge in [-0.3, -0.25) is 0 Å². The number of aromatic nitrogens is 3. The number of benzene rings is 3. The second kappa shape index (κ2) is 10.8. The first-order chi connectivity index (χ1) is 18.6. The number of rotatable bonds is 6. The molecule has 2 aliphatic rings. The van der Waals surface area contributed by atoms with Crippen LogP contribution in [0.15, 0.2) is 83.2 Å². The van der Waals surface area contributed by atoms with Gasteiger partial charge in [0, 0.05) is 16.5 Å². The van der Waals surface area contributed by atoms with Crippen LogP contribution in [0.5, 0.6) is 0 Å². The SMILES string of the molecule is CC1=C(C(=O)OC2CCCCC2)C(c2cccc3ccccc23)n2nc(SCc3ccccc3Cl)nc2N1. The van der Waals surface area contributed by atoms with E-state index >= 15 is 0 Å². The van der Waals surface area contributed by atoms with Gasteiger partial charge < -0.3 is 10.1 Å². The van der Waals surface area contributed by atoms with Crippen molar-refractivity contribution in [3.05, 3.63) is 94.1 Å². The molecule has 0 saturated heterocycles. The van der Waals surface area contributed by atoms with Crippen LogP contribution in [0, 0.1) is 0 Å². The molecule has 194 valence electrons. The van der Waals surface area contributed by atoms with Crippen LogP contribution in [0.4, 0.5) is 5.95 Å². The highest BCUT2D eigenvalue weighted by Gasteiger charge is 2.37. The van der Waals surface area contributed by atoms with Crippen LogP contribution in [-0.2, 0) is 15.3 Å². The van der Waals surface area contributed by atoms with Crippen molar-refractivity contribution in [3.8, 4) is 0 Å². The number of nitrogens with zero attached hydrogens (tertiary/aromatic N) is 3. The number of carbonyl (C=O) groups is 1. The second-order valence-corrected chi connectivity index (χ2v) is 11.2. The van der Waals surface area contributed by atoms with Crippen molar-refractivity contribution < 1.29 is 9.53 Å². The lowest BCUT2D eigenvalue weighted by atomic mass is 9.91. The Morgan fingerprint density at radius 1 is 1.05 bits per heavy atom. The van der Waals surface area contributed by atoms with E-state index in [9.17, 15) is 4.79 Å². The summed E-state index contributed by atoms with van der Waals surface area (Å²) >= 11 is 7.89. The van der Waals surface area contributed by atoms with Gasteiger partial charge in [-0.25, -0.2) is 9.48 Å². The van der Waals surface area contributed by atoms with Crippen molar-refractivity contribution in [1.82, 2.24) is 14.8 Å². The minimum atomic E-state index is -0.462. The third-order valence-corrected chi connectivity index (χ3v) is 8.57. The largest absolute Gasteiger partial charge is 0.459 e. The average molecular weight is 545 g/mol. The zero-order valence-corrected chi connectivity index (χ0v) is 22.8. The molecule has 38 heavy (non-hydrogen) atoms.